The van der Waals surface area contributed by atoms with Crippen molar-refractivity contribution in [1.29, 1.82) is 0 Å². The number of ether oxygens (including phenoxy) is 1. The highest BCUT2D eigenvalue weighted by molar-refractivity contribution is 9.10. The molecule has 0 bridgehead atoms. The molecule has 1 aromatic heterocycles. The minimum Gasteiger partial charge on any atom is -0.480 e. The first kappa shape index (κ1) is 19.4. The summed E-state index contributed by atoms with van der Waals surface area (Å²) in [6.45, 7) is 4.44. The fraction of sp³-hybridized carbons (Fsp3) is 0.500. The largest absolute Gasteiger partial charge is 0.480 e. The summed E-state index contributed by atoms with van der Waals surface area (Å²) in [6.07, 6.45) is 6.18. The number of carbonyl (C=O) groups is 1. The Morgan fingerprint density at radius 3 is 2.96 bits per heavy atom. The third-order valence-electron chi connectivity index (χ3n) is 4.52. The number of carbonyl (C=O) groups excluding carboxylic acids is 1. The van der Waals surface area contributed by atoms with Gasteiger partial charge in [0.15, 0.2) is 6.10 Å². The number of nitrogens with zero attached hydrogens (tertiary/aromatic N) is 1. The number of rotatable bonds is 7. The third kappa shape index (κ3) is 5.07. The molecule has 140 valence electrons. The number of benzene rings is 1. The number of hydrogen-bond donors (Lipinski definition) is 1. The van der Waals surface area contributed by atoms with Crippen LogP contribution in [-0.4, -0.2) is 23.5 Å². The van der Waals surface area contributed by atoms with Crippen molar-refractivity contribution in [1.82, 2.24) is 10.3 Å². The summed E-state index contributed by atoms with van der Waals surface area (Å²) < 4.78 is 6.63. The lowest BCUT2D eigenvalue weighted by Gasteiger charge is -2.16. The fourth-order valence-electron chi connectivity index (χ4n) is 3.05. The van der Waals surface area contributed by atoms with Crippen LogP contribution in [0.2, 0.25) is 0 Å². The molecule has 4 nitrogen and oxygen atoms in total. The summed E-state index contributed by atoms with van der Waals surface area (Å²) in [5.41, 5.74) is 2.45. The van der Waals surface area contributed by atoms with Gasteiger partial charge in [0.25, 0.3) is 5.91 Å². The molecule has 0 saturated heterocycles. The summed E-state index contributed by atoms with van der Waals surface area (Å²) in [4.78, 5) is 18.5. The van der Waals surface area contributed by atoms with Gasteiger partial charge in [0.2, 0.25) is 0 Å². The zero-order valence-corrected chi connectivity index (χ0v) is 17.7. The standard InChI is InChI=1S/C20H25BrN2O2S/c1-13-9-10-17(15(21)12-13)25-14(2)20(24)22-11-5-8-19-23-16-6-3-4-7-18(16)26-19/h9-10,12,14H,3-8,11H2,1-2H3,(H,22,24). The maximum atomic E-state index is 12.2. The van der Waals surface area contributed by atoms with Gasteiger partial charge in [0.1, 0.15) is 5.75 Å². The molecule has 0 radical (unpaired) electrons. The average molecular weight is 437 g/mol. The SMILES string of the molecule is Cc1ccc(OC(C)C(=O)NCCCc2nc3c(s2)CCCC3)c(Br)c1. The van der Waals surface area contributed by atoms with Crippen LogP contribution in [0.5, 0.6) is 5.75 Å². The maximum Gasteiger partial charge on any atom is 0.260 e. The second kappa shape index (κ2) is 9.00. The number of nitrogens with one attached hydrogen (secondary N) is 1. The molecule has 0 spiro atoms. The second-order valence-corrected chi connectivity index (χ2v) is 8.80. The Morgan fingerprint density at radius 2 is 2.19 bits per heavy atom. The number of hydrogen-bond acceptors (Lipinski definition) is 4. The van der Waals surface area contributed by atoms with Crippen molar-refractivity contribution in [3.8, 4) is 5.75 Å². The summed E-state index contributed by atoms with van der Waals surface area (Å²) in [5, 5.41) is 4.17. The molecule has 26 heavy (non-hydrogen) atoms. The molecule has 0 fully saturated rings. The Balaban J connectivity index is 1.41. The molecular weight excluding hydrogens is 412 g/mol. The van der Waals surface area contributed by atoms with Crippen molar-refractivity contribution >= 4 is 33.2 Å². The average Bonchev–Trinajstić information content (AvgIpc) is 3.03. The van der Waals surface area contributed by atoms with Crippen molar-refractivity contribution in [3.63, 3.8) is 0 Å². The fourth-order valence-corrected chi connectivity index (χ4v) is 4.84. The Hall–Kier alpha value is -1.40. The van der Waals surface area contributed by atoms with Crippen molar-refractivity contribution in [2.75, 3.05) is 6.54 Å². The predicted molar refractivity (Wildman–Crippen MR) is 109 cm³/mol. The lowest BCUT2D eigenvalue weighted by molar-refractivity contribution is -0.127. The van der Waals surface area contributed by atoms with Crippen molar-refractivity contribution in [3.05, 3.63) is 43.8 Å². The van der Waals surface area contributed by atoms with Gasteiger partial charge in [-0.25, -0.2) is 4.98 Å². The van der Waals surface area contributed by atoms with E-state index in [4.69, 9.17) is 9.72 Å². The van der Waals surface area contributed by atoms with Crippen LogP contribution in [0.25, 0.3) is 0 Å². The highest BCUT2D eigenvalue weighted by Gasteiger charge is 2.17. The zero-order chi connectivity index (χ0) is 18.5. The van der Waals surface area contributed by atoms with Gasteiger partial charge in [-0.05, 0) is 79.6 Å². The molecule has 1 amide bonds. The number of aryl methyl sites for hydroxylation is 4. The van der Waals surface area contributed by atoms with Gasteiger partial charge < -0.3 is 10.1 Å². The van der Waals surface area contributed by atoms with Crippen LogP contribution in [0.1, 0.15) is 47.3 Å². The van der Waals surface area contributed by atoms with E-state index in [-0.39, 0.29) is 5.91 Å². The molecule has 0 saturated carbocycles. The summed E-state index contributed by atoms with van der Waals surface area (Å²) in [6, 6.07) is 5.83. The highest BCUT2D eigenvalue weighted by atomic mass is 79.9. The predicted octanol–water partition coefficient (Wildman–Crippen LogP) is 4.61. The Bertz CT molecular complexity index is 752. The molecule has 0 aliphatic heterocycles. The molecule has 1 atom stereocenters. The molecule has 3 rings (SSSR count). The van der Waals surface area contributed by atoms with E-state index in [0.29, 0.717) is 12.3 Å². The first-order chi connectivity index (χ1) is 12.5. The first-order valence-corrected chi connectivity index (χ1v) is 10.8. The molecule has 6 heteroatoms. The first-order valence-electron chi connectivity index (χ1n) is 9.21. The number of halogens is 1. The van der Waals surface area contributed by atoms with Crippen LogP contribution in [-0.2, 0) is 24.1 Å². The molecular formula is C20H25BrN2O2S. The van der Waals surface area contributed by atoms with Gasteiger partial charge in [0.05, 0.1) is 15.2 Å². The van der Waals surface area contributed by atoms with Crippen LogP contribution in [0.15, 0.2) is 22.7 Å². The summed E-state index contributed by atoms with van der Waals surface area (Å²) in [7, 11) is 0. The van der Waals surface area contributed by atoms with Crippen LogP contribution >= 0.6 is 27.3 Å². The monoisotopic (exact) mass is 436 g/mol. The smallest absolute Gasteiger partial charge is 0.260 e. The molecule has 1 heterocycles. The molecule has 1 aliphatic rings. The van der Waals surface area contributed by atoms with E-state index in [0.717, 1.165) is 29.3 Å². The van der Waals surface area contributed by atoms with Gasteiger partial charge in [0, 0.05) is 17.8 Å². The normalized spacial score (nSPS) is 14.6. The minimum absolute atomic E-state index is 0.0871. The second-order valence-electron chi connectivity index (χ2n) is 6.77. The third-order valence-corrected chi connectivity index (χ3v) is 6.35. The maximum absolute atomic E-state index is 12.2. The molecule has 1 aliphatic carbocycles. The van der Waals surface area contributed by atoms with E-state index in [1.807, 2.05) is 36.5 Å². The van der Waals surface area contributed by atoms with E-state index in [1.165, 1.54) is 34.8 Å². The molecule has 2 aromatic rings. The molecule has 1 aromatic carbocycles. The van der Waals surface area contributed by atoms with Gasteiger partial charge >= 0.3 is 0 Å². The number of fused-ring (bicyclic) bond motifs is 1. The van der Waals surface area contributed by atoms with E-state index in [9.17, 15) is 4.79 Å². The lowest BCUT2D eigenvalue weighted by Crippen LogP contribution is -2.37. The van der Waals surface area contributed by atoms with Crippen molar-refractivity contribution in [2.45, 2.75) is 58.5 Å². The van der Waals surface area contributed by atoms with Crippen LogP contribution in [0.3, 0.4) is 0 Å². The van der Waals surface area contributed by atoms with Gasteiger partial charge in [-0.1, -0.05) is 6.07 Å². The highest BCUT2D eigenvalue weighted by Crippen LogP contribution is 2.28. The number of aromatic nitrogens is 1. The van der Waals surface area contributed by atoms with E-state index in [1.54, 1.807) is 6.92 Å². The topological polar surface area (TPSA) is 51.2 Å². The van der Waals surface area contributed by atoms with Crippen LogP contribution < -0.4 is 10.1 Å². The summed E-state index contributed by atoms with van der Waals surface area (Å²) in [5.74, 6) is 0.600. The number of amides is 1. The van der Waals surface area contributed by atoms with Crippen LogP contribution in [0, 0.1) is 6.92 Å². The quantitative estimate of drug-likeness (QED) is 0.644. The van der Waals surface area contributed by atoms with Crippen molar-refractivity contribution in [2.24, 2.45) is 0 Å². The van der Waals surface area contributed by atoms with E-state index in [2.05, 4.69) is 21.2 Å². The Labute approximate surface area is 167 Å². The van der Waals surface area contributed by atoms with Crippen molar-refractivity contribution < 1.29 is 9.53 Å². The van der Waals surface area contributed by atoms with E-state index < -0.39 is 6.10 Å². The summed E-state index contributed by atoms with van der Waals surface area (Å²) >= 11 is 5.33. The van der Waals surface area contributed by atoms with Gasteiger partial charge in [-0.3, -0.25) is 4.79 Å². The lowest BCUT2D eigenvalue weighted by atomic mass is 10.0. The Kier molecular flexibility index (Phi) is 6.70. The van der Waals surface area contributed by atoms with Gasteiger partial charge in [-0.15, -0.1) is 11.3 Å². The molecule has 1 unspecified atom stereocenters. The molecule has 1 N–H and O–H groups in total. The number of thiazole rings is 1. The minimum atomic E-state index is -0.527. The van der Waals surface area contributed by atoms with Gasteiger partial charge in [-0.2, -0.15) is 0 Å². The van der Waals surface area contributed by atoms with E-state index >= 15 is 0 Å². The van der Waals surface area contributed by atoms with Crippen LogP contribution in [0.4, 0.5) is 0 Å². The zero-order valence-electron chi connectivity index (χ0n) is 15.3. The Morgan fingerprint density at radius 1 is 1.38 bits per heavy atom.